The zero-order valence-electron chi connectivity index (χ0n) is 12.6. The molecule has 110 valence electrons. The summed E-state index contributed by atoms with van der Waals surface area (Å²) < 4.78 is 2.12. The monoisotopic (exact) mass is 276 g/mol. The highest BCUT2D eigenvalue weighted by Crippen LogP contribution is 2.39. The predicted molar refractivity (Wildman–Crippen MR) is 77.4 cm³/mol. The average molecular weight is 276 g/mol. The molecule has 1 aromatic heterocycles. The Morgan fingerprint density at radius 3 is 2.80 bits per heavy atom. The lowest BCUT2D eigenvalue weighted by atomic mass is 10.1. The number of hydrogen-bond acceptors (Lipinski definition) is 3. The molecule has 1 amide bonds. The van der Waals surface area contributed by atoms with Gasteiger partial charge in [0.25, 0.3) is 0 Å². The summed E-state index contributed by atoms with van der Waals surface area (Å²) in [6, 6.07) is 2.23. The van der Waals surface area contributed by atoms with Gasteiger partial charge < -0.3 is 5.32 Å². The molecule has 5 nitrogen and oxygen atoms in total. The van der Waals surface area contributed by atoms with Crippen molar-refractivity contribution in [3.8, 4) is 0 Å². The van der Waals surface area contributed by atoms with E-state index < -0.39 is 0 Å². The van der Waals surface area contributed by atoms with Crippen LogP contribution in [0.25, 0.3) is 0 Å². The molecule has 1 aliphatic carbocycles. The van der Waals surface area contributed by atoms with Gasteiger partial charge in [0, 0.05) is 24.5 Å². The Hall–Kier alpha value is -1.36. The van der Waals surface area contributed by atoms with Crippen LogP contribution in [0, 0.1) is 0 Å². The van der Waals surface area contributed by atoms with E-state index >= 15 is 0 Å². The van der Waals surface area contributed by atoms with Gasteiger partial charge in [0.1, 0.15) is 0 Å². The van der Waals surface area contributed by atoms with E-state index in [1.54, 1.807) is 0 Å². The molecule has 0 spiro atoms. The van der Waals surface area contributed by atoms with Crippen LogP contribution in [0.3, 0.4) is 0 Å². The Balaban J connectivity index is 1.59. The van der Waals surface area contributed by atoms with E-state index in [2.05, 4.69) is 26.1 Å². The summed E-state index contributed by atoms with van der Waals surface area (Å²) in [6.07, 6.45) is 2.57. The molecule has 2 heterocycles. The third-order valence-electron chi connectivity index (χ3n) is 3.77. The molecule has 5 heteroatoms. The van der Waals surface area contributed by atoms with Crippen molar-refractivity contribution in [2.24, 2.45) is 0 Å². The Bertz CT molecular complexity index is 510. The fraction of sp³-hybridized carbons (Fsp3) is 0.733. The lowest BCUT2D eigenvalue weighted by Gasteiger charge is -2.28. The van der Waals surface area contributed by atoms with Crippen LogP contribution in [0.1, 0.15) is 50.9 Å². The van der Waals surface area contributed by atoms with E-state index in [4.69, 9.17) is 0 Å². The van der Waals surface area contributed by atoms with Gasteiger partial charge in [0.15, 0.2) is 0 Å². The van der Waals surface area contributed by atoms with E-state index in [-0.39, 0.29) is 11.4 Å². The summed E-state index contributed by atoms with van der Waals surface area (Å²) in [5.74, 6) is 0.804. The summed E-state index contributed by atoms with van der Waals surface area (Å²) in [4.78, 5) is 14.2. The number of carbonyl (C=O) groups excluding carboxylic acids is 1. The number of aromatic nitrogens is 2. The molecule has 0 saturated heterocycles. The number of carbonyl (C=O) groups is 1. The van der Waals surface area contributed by atoms with E-state index in [1.807, 2.05) is 20.8 Å². The highest BCUT2D eigenvalue weighted by molar-refractivity contribution is 5.78. The summed E-state index contributed by atoms with van der Waals surface area (Å²) in [5, 5.41) is 7.70. The van der Waals surface area contributed by atoms with Gasteiger partial charge in [-0.1, -0.05) is 0 Å². The topological polar surface area (TPSA) is 50.2 Å². The van der Waals surface area contributed by atoms with Crippen LogP contribution in [0.15, 0.2) is 6.07 Å². The van der Waals surface area contributed by atoms with Gasteiger partial charge in [0.2, 0.25) is 5.91 Å². The van der Waals surface area contributed by atoms with Crippen molar-refractivity contribution in [2.75, 3.05) is 13.1 Å². The van der Waals surface area contributed by atoms with E-state index in [9.17, 15) is 4.79 Å². The fourth-order valence-electron chi connectivity index (χ4n) is 2.72. The van der Waals surface area contributed by atoms with E-state index in [0.29, 0.717) is 12.5 Å². The van der Waals surface area contributed by atoms with Crippen molar-refractivity contribution >= 4 is 5.91 Å². The summed E-state index contributed by atoms with van der Waals surface area (Å²) in [6.45, 7) is 9.13. The number of fused-ring (bicyclic) bond motifs is 1. The van der Waals surface area contributed by atoms with Crippen LogP contribution in [0.5, 0.6) is 0 Å². The van der Waals surface area contributed by atoms with Gasteiger partial charge in [-0.25, -0.2) is 0 Å². The molecular weight excluding hydrogens is 252 g/mol. The van der Waals surface area contributed by atoms with Crippen LogP contribution in [0.2, 0.25) is 0 Å². The largest absolute Gasteiger partial charge is 0.350 e. The third-order valence-corrected chi connectivity index (χ3v) is 3.77. The van der Waals surface area contributed by atoms with Gasteiger partial charge in [-0.2, -0.15) is 5.10 Å². The summed E-state index contributed by atoms with van der Waals surface area (Å²) in [5.41, 5.74) is 2.34. The van der Waals surface area contributed by atoms with Crippen molar-refractivity contribution in [2.45, 2.75) is 58.2 Å². The molecule has 0 aromatic carbocycles. The van der Waals surface area contributed by atoms with Crippen molar-refractivity contribution in [3.05, 3.63) is 17.5 Å². The first-order chi connectivity index (χ1) is 9.40. The zero-order valence-corrected chi connectivity index (χ0v) is 12.6. The van der Waals surface area contributed by atoms with Crippen molar-refractivity contribution in [1.29, 1.82) is 0 Å². The molecule has 20 heavy (non-hydrogen) atoms. The highest BCUT2D eigenvalue weighted by atomic mass is 16.2. The molecular formula is C15H24N4O. The first-order valence-electron chi connectivity index (χ1n) is 7.51. The molecule has 1 fully saturated rings. The molecule has 0 bridgehead atoms. The molecule has 1 N–H and O–H groups in total. The van der Waals surface area contributed by atoms with Crippen LogP contribution in [-0.4, -0.2) is 39.2 Å². The molecule has 0 unspecified atom stereocenters. The van der Waals surface area contributed by atoms with E-state index in [1.165, 1.54) is 24.2 Å². The maximum Gasteiger partial charge on any atom is 0.234 e. The lowest BCUT2D eigenvalue weighted by Crippen LogP contribution is -2.47. The standard InChI is InChI=1S/C15H24N4O/c1-15(2,3)16-14(20)10-18-6-7-19-12(9-18)8-13(17-19)11-4-5-11/h8,11H,4-7,9-10H2,1-3H3,(H,16,20). The third kappa shape index (κ3) is 3.20. The summed E-state index contributed by atoms with van der Waals surface area (Å²) in [7, 11) is 0. The van der Waals surface area contributed by atoms with E-state index in [0.717, 1.165) is 19.6 Å². The summed E-state index contributed by atoms with van der Waals surface area (Å²) >= 11 is 0. The maximum absolute atomic E-state index is 12.0. The van der Waals surface area contributed by atoms with Crippen molar-refractivity contribution in [3.63, 3.8) is 0 Å². The van der Waals surface area contributed by atoms with Crippen molar-refractivity contribution in [1.82, 2.24) is 20.0 Å². The molecule has 0 atom stereocenters. The number of rotatable bonds is 3. The minimum Gasteiger partial charge on any atom is -0.350 e. The molecule has 3 rings (SSSR count). The Morgan fingerprint density at radius 1 is 1.40 bits per heavy atom. The number of amides is 1. The van der Waals surface area contributed by atoms with Gasteiger partial charge in [0.05, 0.1) is 24.5 Å². The quantitative estimate of drug-likeness (QED) is 0.910. The van der Waals surface area contributed by atoms with Crippen LogP contribution >= 0.6 is 0 Å². The smallest absolute Gasteiger partial charge is 0.234 e. The van der Waals surface area contributed by atoms with Gasteiger partial charge in [-0.3, -0.25) is 14.4 Å². The van der Waals surface area contributed by atoms with Crippen molar-refractivity contribution < 1.29 is 4.79 Å². The number of hydrogen-bond donors (Lipinski definition) is 1. The molecule has 1 aliphatic heterocycles. The second-order valence-electron chi connectivity index (χ2n) is 7.07. The maximum atomic E-state index is 12.0. The average Bonchev–Trinajstić information content (AvgIpc) is 3.07. The number of nitrogens with one attached hydrogen (secondary N) is 1. The fourth-order valence-corrected chi connectivity index (χ4v) is 2.72. The molecule has 2 aliphatic rings. The van der Waals surface area contributed by atoms with Gasteiger partial charge in [-0.15, -0.1) is 0 Å². The SMILES string of the molecule is CC(C)(C)NC(=O)CN1CCn2nc(C3CC3)cc2C1. The van der Waals surface area contributed by atoms with Crippen LogP contribution in [0.4, 0.5) is 0 Å². The van der Waals surface area contributed by atoms with Gasteiger partial charge in [-0.05, 0) is 39.7 Å². The Kier molecular flexibility index (Phi) is 3.32. The highest BCUT2D eigenvalue weighted by Gasteiger charge is 2.29. The second-order valence-corrected chi connectivity index (χ2v) is 7.07. The predicted octanol–water partition coefficient (Wildman–Crippen LogP) is 1.49. The first-order valence-corrected chi connectivity index (χ1v) is 7.51. The second kappa shape index (κ2) is 4.88. The molecule has 1 saturated carbocycles. The molecule has 0 radical (unpaired) electrons. The minimum atomic E-state index is -0.159. The van der Waals surface area contributed by atoms with Crippen LogP contribution < -0.4 is 5.32 Å². The lowest BCUT2D eigenvalue weighted by molar-refractivity contribution is -0.124. The van der Waals surface area contributed by atoms with Crippen LogP contribution in [-0.2, 0) is 17.9 Å². The first kappa shape index (κ1) is 13.6. The molecule has 1 aromatic rings. The minimum absolute atomic E-state index is 0.105. The zero-order chi connectivity index (χ0) is 14.3. The Morgan fingerprint density at radius 2 is 2.15 bits per heavy atom. The Labute approximate surface area is 120 Å². The normalized spacial score (nSPS) is 19.8. The van der Waals surface area contributed by atoms with Gasteiger partial charge >= 0.3 is 0 Å². The number of nitrogens with zero attached hydrogens (tertiary/aromatic N) is 3.